The zero-order valence-electron chi connectivity index (χ0n) is 11.3. The summed E-state index contributed by atoms with van der Waals surface area (Å²) in [4.78, 5) is 3.86. The van der Waals surface area contributed by atoms with Crippen LogP contribution in [0.4, 0.5) is 0 Å². The van der Waals surface area contributed by atoms with Gasteiger partial charge in [-0.2, -0.15) is 4.31 Å². The number of sulfonamides is 1. The van der Waals surface area contributed by atoms with Gasteiger partial charge in [-0.05, 0) is 24.5 Å². The zero-order chi connectivity index (χ0) is 14.1. The summed E-state index contributed by atoms with van der Waals surface area (Å²) in [5, 5.41) is 0.00505. The standard InChI is InChI=1S/C12H19ClN2O2S/c1-9(12(2,3)4)15(5)18(16,17)10-7-6-8-14-11(10)13/h6-9H,1-5H3. The van der Waals surface area contributed by atoms with Crippen LogP contribution in [0, 0.1) is 5.41 Å². The van der Waals surface area contributed by atoms with E-state index >= 15 is 0 Å². The van der Waals surface area contributed by atoms with Gasteiger partial charge in [0.05, 0.1) is 0 Å². The molecule has 0 saturated carbocycles. The SMILES string of the molecule is CC(N(C)S(=O)(=O)c1cccnc1Cl)C(C)(C)C. The van der Waals surface area contributed by atoms with E-state index in [9.17, 15) is 8.42 Å². The molecule has 0 spiro atoms. The monoisotopic (exact) mass is 290 g/mol. The number of rotatable bonds is 3. The summed E-state index contributed by atoms with van der Waals surface area (Å²) in [6, 6.07) is 2.88. The van der Waals surface area contributed by atoms with Crippen molar-refractivity contribution in [2.75, 3.05) is 7.05 Å². The average molecular weight is 291 g/mol. The molecule has 18 heavy (non-hydrogen) atoms. The molecule has 0 saturated heterocycles. The van der Waals surface area contributed by atoms with Crippen molar-refractivity contribution in [1.82, 2.24) is 9.29 Å². The Labute approximate surface area is 114 Å². The minimum absolute atomic E-state index is 0.00505. The molecule has 0 amide bonds. The summed E-state index contributed by atoms with van der Waals surface area (Å²) in [5.74, 6) is 0. The molecule has 0 aliphatic carbocycles. The predicted molar refractivity (Wildman–Crippen MR) is 73.1 cm³/mol. The van der Waals surface area contributed by atoms with Gasteiger partial charge in [0.25, 0.3) is 0 Å². The number of hydrogen-bond donors (Lipinski definition) is 0. The van der Waals surface area contributed by atoms with Crippen LogP contribution in [-0.4, -0.2) is 30.8 Å². The quantitative estimate of drug-likeness (QED) is 0.804. The van der Waals surface area contributed by atoms with E-state index in [1.807, 2.05) is 27.7 Å². The second-order valence-electron chi connectivity index (χ2n) is 5.36. The van der Waals surface area contributed by atoms with Crippen LogP contribution in [0.3, 0.4) is 0 Å². The van der Waals surface area contributed by atoms with E-state index in [1.54, 1.807) is 13.1 Å². The van der Waals surface area contributed by atoms with Crippen LogP contribution in [-0.2, 0) is 10.0 Å². The van der Waals surface area contributed by atoms with Crippen LogP contribution in [0.15, 0.2) is 23.2 Å². The summed E-state index contributed by atoms with van der Waals surface area (Å²) < 4.78 is 26.2. The highest BCUT2D eigenvalue weighted by atomic mass is 35.5. The van der Waals surface area contributed by atoms with Gasteiger partial charge < -0.3 is 0 Å². The molecule has 0 bridgehead atoms. The zero-order valence-corrected chi connectivity index (χ0v) is 12.9. The summed E-state index contributed by atoms with van der Waals surface area (Å²) in [5.41, 5.74) is -0.156. The van der Waals surface area contributed by atoms with E-state index < -0.39 is 10.0 Å². The topological polar surface area (TPSA) is 50.3 Å². The molecule has 4 nitrogen and oxygen atoms in total. The second-order valence-corrected chi connectivity index (χ2v) is 7.68. The molecular weight excluding hydrogens is 272 g/mol. The highest BCUT2D eigenvalue weighted by Crippen LogP contribution is 2.29. The lowest BCUT2D eigenvalue weighted by molar-refractivity contribution is 0.216. The molecule has 0 N–H and O–H groups in total. The Morgan fingerprint density at radius 3 is 2.39 bits per heavy atom. The predicted octanol–water partition coefficient (Wildman–Crippen LogP) is 2.79. The van der Waals surface area contributed by atoms with Crippen LogP contribution < -0.4 is 0 Å². The molecular formula is C12H19ClN2O2S. The molecule has 102 valence electrons. The molecule has 0 aliphatic heterocycles. The van der Waals surface area contributed by atoms with E-state index in [2.05, 4.69) is 4.98 Å². The Kier molecular flexibility index (Phi) is 4.41. The van der Waals surface area contributed by atoms with Crippen molar-refractivity contribution in [3.05, 3.63) is 23.5 Å². The summed E-state index contributed by atoms with van der Waals surface area (Å²) in [6.07, 6.45) is 1.47. The third-order valence-corrected chi connectivity index (χ3v) is 5.55. The number of pyridine rings is 1. The van der Waals surface area contributed by atoms with Crippen LogP contribution in [0.2, 0.25) is 5.15 Å². The lowest BCUT2D eigenvalue weighted by atomic mass is 9.88. The average Bonchev–Trinajstić information content (AvgIpc) is 2.26. The Hall–Kier alpha value is -0.650. The maximum absolute atomic E-state index is 12.4. The largest absolute Gasteiger partial charge is 0.246 e. The van der Waals surface area contributed by atoms with Gasteiger partial charge in [0.1, 0.15) is 10.0 Å². The van der Waals surface area contributed by atoms with Gasteiger partial charge in [-0.15, -0.1) is 0 Å². The first-order chi connectivity index (χ1) is 8.08. The van der Waals surface area contributed by atoms with Crippen molar-refractivity contribution in [2.24, 2.45) is 5.41 Å². The number of halogens is 1. The number of hydrogen-bond acceptors (Lipinski definition) is 3. The van der Waals surface area contributed by atoms with Crippen molar-refractivity contribution in [1.29, 1.82) is 0 Å². The van der Waals surface area contributed by atoms with Crippen molar-refractivity contribution in [3.8, 4) is 0 Å². The van der Waals surface area contributed by atoms with Crippen LogP contribution in [0.25, 0.3) is 0 Å². The first-order valence-corrected chi connectivity index (χ1v) is 7.49. The molecule has 1 unspecified atom stereocenters. The van der Waals surface area contributed by atoms with Gasteiger partial charge >= 0.3 is 0 Å². The second kappa shape index (κ2) is 5.15. The molecule has 1 aromatic heterocycles. The molecule has 0 fully saturated rings. The van der Waals surface area contributed by atoms with Gasteiger partial charge in [-0.25, -0.2) is 13.4 Å². The molecule has 1 aromatic rings. The Morgan fingerprint density at radius 2 is 1.94 bits per heavy atom. The third kappa shape index (κ3) is 3.02. The summed E-state index contributed by atoms with van der Waals surface area (Å²) >= 11 is 5.85. The molecule has 1 rings (SSSR count). The summed E-state index contributed by atoms with van der Waals surface area (Å²) in [7, 11) is -2.05. The fourth-order valence-corrected chi connectivity index (χ4v) is 3.44. The Bertz CT molecular complexity index is 523. The first-order valence-electron chi connectivity index (χ1n) is 5.67. The van der Waals surface area contributed by atoms with Gasteiger partial charge in [0, 0.05) is 19.3 Å². The van der Waals surface area contributed by atoms with E-state index in [0.29, 0.717) is 0 Å². The molecule has 1 atom stereocenters. The van der Waals surface area contributed by atoms with Crippen molar-refractivity contribution in [2.45, 2.75) is 38.6 Å². The number of nitrogens with zero attached hydrogens (tertiary/aromatic N) is 2. The third-order valence-electron chi connectivity index (χ3n) is 3.18. The van der Waals surface area contributed by atoms with Gasteiger partial charge in [-0.1, -0.05) is 32.4 Å². The first kappa shape index (κ1) is 15.4. The van der Waals surface area contributed by atoms with Crippen LogP contribution >= 0.6 is 11.6 Å². The van der Waals surface area contributed by atoms with E-state index in [4.69, 9.17) is 11.6 Å². The molecule has 0 aliphatic rings. The van der Waals surface area contributed by atoms with Crippen LogP contribution in [0.1, 0.15) is 27.7 Å². The van der Waals surface area contributed by atoms with Gasteiger partial charge in [-0.3, -0.25) is 0 Å². The molecule has 1 heterocycles. The molecule has 0 aromatic carbocycles. The smallest absolute Gasteiger partial charge is 0.243 e. The van der Waals surface area contributed by atoms with E-state index in [0.717, 1.165) is 0 Å². The highest BCUT2D eigenvalue weighted by molar-refractivity contribution is 7.89. The Balaban J connectivity index is 3.20. The maximum Gasteiger partial charge on any atom is 0.246 e. The van der Waals surface area contributed by atoms with E-state index in [1.165, 1.54) is 16.6 Å². The van der Waals surface area contributed by atoms with E-state index in [-0.39, 0.29) is 21.5 Å². The maximum atomic E-state index is 12.4. The van der Waals surface area contributed by atoms with Gasteiger partial charge in [0.15, 0.2) is 0 Å². The lowest BCUT2D eigenvalue weighted by Crippen LogP contribution is -2.42. The molecule has 0 radical (unpaired) electrons. The summed E-state index contributed by atoms with van der Waals surface area (Å²) in [6.45, 7) is 7.86. The normalized spacial score (nSPS) is 14.8. The minimum atomic E-state index is -3.61. The van der Waals surface area contributed by atoms with Crippen molar-refractivity contribution < 1.29 is 8.42 Å². The fourth-order valence-electron chi connectivity index (χ4n) is 1.47. The Morgan fingerprint density at radius 1 is 1.39 bits per heavy atom. The minimum Gasteiger partial charge on any atom is -0.243 e. The fraction of sp³-hybridized carbons (Fsp3) is 0.583. The lowest BCUT2D eigenvalue weighted by Gasteiger charge is -2.34. The molecule has 6 heteroatoms. The van der Waals surface area contributed by atoms with Crippen LogP contribution in [0.5, 0.6) is 0 Å². The van der Waals surface area contributed by atoms with Crippen molar-refractivity contribution in [3.63, 3.8) is 0 Å². The van der Waals surface area contributed by atoms with Crippen molar-refractivity contribution >= 4 is 21.6 Å². The van der Waals surface area contributed by atoms with Gasteiger partial charge in [0.2, 0.25) is 10.0 Å². The number of aromatic nitrogens is 1. The highest BCUT2D eigenvalue weighted by Gasteiger charge is 2.33.